The molecule has 0 aliphatic carbocycles. The molecule has 3 N–H and O–H groups in total. The highest BCUT2D eigenvalue weighted by Gasteiger charge is 2.37. The Morgan fingerprint density at radius 1 is 1.10 bits per heavy atom. The van der Waals surface area contributed by atoms with Crippen LogP contribution in [-0.2, 0) is 5.60 Å². The molecule has 1 fully saturated rings. The van der Waals surface area contributed by atoms with E-state index in [9.17, 15) is 9.50 Å². The van der Waals surface area contributed by atoms with E-state index in [0.29, 0.717) is 36.8 Å². The number of benzene rings is 1. The molecule has 4 heterocycles. The SMILES string of the molecule is CC(O)(c1ccccc1)C1CN(c2ccc(F)c(-c3n[nH]c4ncccc34)n2)CCN1. The molecule has 0 radical (unpaired) electrons. The summed E-state index contributed by atoms with van der Waals surface area (Å²) in [5.74, 6) is 0.204. The fraction of sp³-hybridized carbons (Fsp3) is 0.261. The first kappa shape index (κ1) is 19.6. The molecule has 3 aromatic heterocycles. The summed E-state index contributed by atoms with van der Waals surface area (Å²) in [5.41, 5.74) is 0.988. The summed E-state index contributed by atoms with van der Waals surface area (Å²) in [5, 5.41) is 22.5. The van der Waals surface area contributed by atoms with Crippen molar-refractivity contribution in [2.75, 3.05) is 24.5 Å². The fourth-order valence-corrected chi connectivity index (χ4v) is 4.12. The Kier molecular flexibility index (Phi) is 4.88. The van der Waals surface area contributed by atoms with Crippen LogP contribution in [0.1, 0.15) is 12.5 Å². The third-order valence-electron chi connectivity index (χ3n) is 5.93. The number of aromatic amines is 1. The number of piperazine rings is 1. The van der Waals surface area contributed by atoms with Crippen molar-refractivity contribution in [2.45, 2.75) is 18.6 Å². The van der Waals surface area contributed by atoms with Gasteiger partial charge in [-0.05, 0) is 36.8 Å². The highest BCUT2D eigenvalue weighted by molar-refractivity contribution is 5.89. The summed E-state index contributed by atoms with van der Waals surface area (Å²) >= 11 is 0. The maximum Gasteiger partial charge on any atom is 0.155 e. The largest absolute Gasteiger partial charge is 0.384 e. The van der Waals surface area contributed by atoms with Crippen LogP contribution in [0.15, 0.2) is 60.8 Å². The minimum Gasteiger partial charge on any atom is -0.384 e. The van der Waals surface area contributed by atoms with Crippen LogP contribution in [0.25, 0.3) is 22.4 Å². The second-order valence-electron chi connectivity index (χ2n) is 7.94. The van der Waals surface area contributed by atoms with Gasteiger partial charge < -0.3 is 15.3 Å². The molecule has 1 aromatic carbocycles. The predicted octanol–water partition coefficient (Wildman–Crippen LogP) is 2.84. The van der Waals surface area contributed by atoms with Crippen LogP contribution in [-0.4, -0.2) is 50.9 Å². The van der Waals surface area contributed by atoms with Crippen LogP contribution in [0.2, 0.25) is 0 Å². The van der Waals surface area contributed by atoms with Crippen molar-refractivity contribution < 1.29 is 9.50 Å². The van der Waals surface area contributed by atoms with Crippen LogP contribution >= 0.6 is 0 Å². The summed E-state index contributed by atoms with van der Waals surface area (Å²) in [6.07, 6.45) is 1.66. The number of halogens is 1. The van der Waals surface area contributed by atoms with Gasteiger partial charge in [0.05, 0.1) is 6.04 Å². The quantitative estimate of drug-likeness (QED) is 0.472. The van der Waals surface area contributed by atoms with Gasteiger partial charge in [0.15, 0.2) is 11.5 Å². The average molecular weight is 418 g/mol. The number of nitrogens with zero attached hydrogens (tertiary/aromatic N) is 4. The Morgan fingerprint density at radius 2 is 1.94 bits per heavy atom. The van der Waals surface area contributed by atoms with Crippen LogP contribution in [0.5, 0.6) is 0 Å². The van der Waals surface area contributed by atoms with E-state index in [4.69, 9.17) is 0 Å². The lowest BCUT2D eigenvalue weighted by atomic mass is 9.87. The molecule has 31 heavy (non-hydrogen) atoms. The summed E-state index contributed by atoms with van der Waals surface area (Å²) in [6.45, 7) is 3.72. The van der Waals surface area contributed by atoms with Crippen molar-refractivity contribution in [2.24, 2.45) is 0 Å². The van der Waals surface area contributed by atoms with Crippen LogP contribution in [0.4, 0.5) is 10.2 Å². The van der Waals surface area contributed by atoms with Crippen LogP contribution in [0.3, 0.4) is 0 Å². The van der Waals surface area contributed by atoms with E-state index in [-0.39, 0.29) is 11.7 Å². The van der Waals surface area contributed by atoms with Gasteiger partial charge in [-0.25, -0.2) is 14.4 Å². The second-order valence-corrected chi connectivity index (χ2v) is 7.94. The number of anilines is 1. The third-order valence-corrected chi connectivity index (χ3v) is 5.93. The molecule has 2 atom stereocenters. The molecule has 0 amide bonds. The lowest BCUT2D eigenvalue weighted by molar-refractivity contribution is 0.0138. The summed E-state index contributed by atoms with van der Waals surface area (Å²) in [6, 6.07) is 16.1. The zero-order valence-electron chi connectivity index (χ0n) is 17.1. The number of fused-ring (bicyclic) bond motifs is 1. The Bertz CT molecular complexity index is 1210. The smallest absolute Gasteiger partial charge is 0.155 e. The van der Waals surface area contributed by atoms with Crippen molar-refractivity contribution in [3.8, 4) is 11.4 Å². The van der Waals surface area contributed by atoms with Crippen molar-refractivity contribution in [1.82, 2.24) is 25.5 Å². The molecule has 0 spiro atoms. The maximum atomic E-state index is 14.7. The standard InChI is InChI=1S/C23H23FN6O/c1-23(31,15-6-3-2-4-7-15)18-14-30(13-12-25-18)19-10-9-17(24)21(27-19)20-16-8-5-11-26-22(16)29-28-20/h2-11,18,25,31H,12-14H2,1H3,(H,26,28,29). The number of nitrogens with one attached hydrogen (secondary N) is 2. The minimum absolute atomic E-state index is 0.182. The van der Waals surface area contributed by atoms with E-state index >= 15 is 0 Å². The van der Waals surface area contributed by atoms with Gasteiger partial charge >= 0.3 is 0 Å². The van der Waals surface area contributed by atoms with E-state index in [1.165, 1.54) is 6.07 Å². The number of rotatable bonds is 4. The minimum atomic E-state index is -1.06. The van der Waals surface area contributed by atoms with Gasteiger partial charge in [0.2, 0.25) is 0 Å². The number of pyridine rings is 2. The molecule has 158 valence electrons. The molecular formula is C23H23FN6O. The normalized spacial score (nSPS) is 18.8. The number of aromatic nitrogens is 4. The summed E-state index contributed by atoms with van der Waals surface area (Å²) in [4.78, 5) is 10.9. The van der Waals surface area contributed by atoms with E-state index in [2.05, 4.69) is 30.4 Å². The van der Waals surface area contributed by atoms with Crippen molar-refractivity contribution in [1.29, 1.82) is 0 Å². The molecule has 8 heteroatoms. The zero-order valence-corrected chi connectivity index (χ0v) is 17.1. The lowest BCUT2D eigenvalue weighted by Crippen LogP contribution is -2.59. The first-order chi connectivity index (χ1) is 15.0. The highest BCUT2D eigenvalue weighted by atomic mass is 19.1. The molecule has 1 saturated heterocycles. The molecule has 7 nitrogen and oxygen atoms in total. The van der Waals surface area contributed by atoms with Gasteiger partial charge in [0, 0.05) is 31.2 Å². The van der Waals surface area contributed by atoms with Crippen LogP contribution in [0, 0.1) is 5.82 Å². The second kappa shape index (κ2) is 7.72. The third kappa shape index (κ3) is 3.54. The first-order valence-electron chi connectivity index (χ1n) is 10.3. The zero-order chi connectivity index (χ0) is 21.4. The van der Waals surface area contributed by atoms with E-state index < -0.39 is 11.4 Å². The molecule has 0 saturated carbocycles. The van der Waals surface area contributed by atoms with Gasteiger partial charge in [-0.15, -0.1) is 0 Å². The lowest BCUT2D eigenvalue weighted by Gasteiger charge is -2.42. The maximum absolute atomic E-state index is 14.7. The molecule has 1 aliphatic heterocycles. The topological polar surface area (TPSA) is 90.0 Å². The van der Waals surface area contributed by atoms with Gasteiger partial charge in [0.25, 0.3) is 0 Å². The van der Waals surface area contributed by atoms with Gasteiger partial charge in [-0.1, -0.05) is 30.3 Å². The first-order valence-corrected chi connectivity index (χ1v) is 10.3. The monoisotopic (exact) mass is 418 g/mol. The van der Waals surface area contributed by atoms with Gasteiger partial charge in [0.1, 0.15) is 22.8 Å². The fourth-order valence-electron chi connectivity index (χ4n) is 4.12. The summed E-state index contributed by atoms with van der Waals surface area (Å²) < 4.78 is 14.7. The number of hydrogen-bond acceptors (Lipinski definition) is 6. The Balaban J connectivity index is 1.46. The molecule has 5 rings (SSSR count). The molecule has 2 unspecified atom stereocenters. The van der Waals surface area contributed by atoms with E-state index in [0.717, 1.165) is 10.9 Å². The van der Waals surface area contributed by atoms with Crippen molar-refractivity contribution in [3.05, 3.63) is 72.2 Å². The van der Waals surface area contributed by atoms with E-state index in [1.54, 1.807) is 18.3 Å². The van der Waals surface area contributed by atoms with Gasteiger partial charge in [-0.2, -0.15) is 5.10 Å². The van der Waals surface area contributed by atoms with Crippen molar-refractivity contribution in [3.63, 3.8) is 0 Å². The van der Waals surface area contributed by atoms with Gasteiger partial charge in [-0.3, -0.25) is 5.10 Å². The predicted molar refractivity (Wildman–Crippen MR) is 117 cm³/mol. The average Bonchev–Trinajstić information content (AvgIpc) is 3.24. The summed E-state index contributed by atoms with van der Waals surface area (Å²) in [7, 11) is 0. The molecule has 4 aromatic rings. The Morgan fingerprint density at radius 3 is 2.77 bits per heavy atom. The molecule has 1 aliphatic rings. The number of hydrogen-bond donors (Lipinski definition) is 3. The highest BCUT2D eigenvalue weighted by Crippen LogP contribution is 2.30. The van der Waals surface area contributed by atoms with Crippen LogP contribution < -0.4 is 10.2 Å². The molecule has 0 bridgehead atoms. The molecular weight excluding hydrogens is 395 g/mol. The number of H-pyrrole nitrogens is 1. The van der Waals surface area contributed by atoms with E-state index in [1.807, 2.05) is 43.3 Å². The Labute approximate surface area is 179 Å². The van der Waals surface area contributed by atoms with Crippen molar-refractivity contribution >= 4 is 16.9 Å². The Hall–Kier alpha value is -3.36. The number of aliphatic hydroxyl groups is 1.